The standard InChI is InChI=1S/C12H21N3S2/c1-4-9-10(7-13)17-11(14-9)15-5-6-16-12(2,3)8-15/h4-8,13H2,1-3H3. The maximum Gasteiger partial charge on any atom is 0.185 e. The van der Waals surface area contributed by atoms with Crippen LogP contribution in [0.3, 0.4) is 0 Å². The summed E-state index contributed by atoms with van der Waals surface area (Å²) in [5.74, 6) is 1.19. The van der Waals surface area contributed by atoms with E-state index in [2.05, 4.69) is 37.4 Å². The van der Waals surface area contributed by atoms with Crippen LogP contribution in [0.15, 0.2) is 0 Å². The lowest BCUT2D eigenvalue weighted by Crippen LogP contribution is -2.43. The first-order chi connectivity index (χ1) is 8.05. The number of rotatable bonds is 3. The van der Waals surface area contributed by atoms with Crippen LogP contribution in [0.4, 0.5) is 5.13 Å². The number of hydrogen-bond donors (Lipinski definition) is 1. The summed E-state index contributed by atoms with van der Waals surface area (Å²) in [6, 6.07) is 0. The number of aryl methyl sites for hydroxylation is 1. The molecule has 0 saturated carbocycles. The summed E-state index contributed by atoms with van der Waals surface area (Å²) in [5.41, 5.74) is 6.95. The second-order valence-electron chi connectivity index (χ2n) is 4.95. The van der Waals surface area contributed by atoms with Crippen LogP contribution in [0.25, 0.3) is 0 Å². The summed E-state index contributed by atoms with van der Waals surface area (Å²) in [4.78, 5) is 8.41. The van der Waals surface area contributed by atoms with E-state index in [1.165, 1.54) is 16.3 Å². The molecule has 5 heteroatoms. The molecular formula is C12H21N3S2. The van der Waals surface area contributed by atoms with Gasteiger partial charge in [-0.2, -0.15) is 11.8 Å². The highest BCUT2D eigenvalue weighted by Gasteiger charge is 2.28. The van der Waals surface area contributed by atoms with Crippen molar-refractivity contribution < 1.29 is 0 Å². The molecule has 96 valence electrons. The Labute approximate surface area is 112 Å². The molecule has 2 heterocycles. The smallest absolute Gasteiger partial charge is 0.185 e. The van der Waals surface area contributed by atoms with Gasteiger partial charge < -0.3 is 10.6 Å². The minimum Gasteiger partial charge on any atom is -0.346 e. The van der Waals surface area contributed by atoms with Crippen molar-refractivity contribution in [2.24, 2.45) is 5.73 Å². The molecule has 0 radical (unpaired) electrons. The highest BCUT2D eigenvalue weighted by Crippen LogP contribution is 2.34. The number of thiazole rings is 1. The van der Waals surface area contributed by atoms with E-state index in [-0.39, 0.29) is 0 Å². The number of hydrogen-bond acceptors (Lipinski definition) is 5. The second kappa shape index (κ2) is 5.16. The normalized spacial score (nSPS) is 19.6. The summed E-state index contributed by atoms with van der Waals surface area (Å²) in [6.07, 6.45) is 0.981. The van der Waals surface area contributed by atoms with Crippen LogP contribution in [0.2, 0.25) is 0 Å². The maximum absolute atomic E-state index is 5.77. The first-order valence-electron chi connectivity index (χ1n) is 6.13. The first kappa shape index (κ1) is 13.2. The highest BCUT2D eigenvalue weighted by molar-refractivity contribution is 8.00. The van der Waals surface area contributed by atoms with Gasteiger partial charge in [0, 0.05) is 35.0 Å². The van der Waals surface area contributed by atoms with Crippen LogP contribution in [-0.2, 0) is 13.0 Å². The molecule has 0 unspecified atom stereocenters. The Kier molecular flexibility index (Phi) is 4.00. The average Bonchev–Trinajstić information content (AvgIpc) is 2.70. The number of anilines is 1. The van der Waals surface area contributed by atoms with Gasteiger partial charge >= 0.3 is 0 Å². The Morgan fingerprint density at radius 1 is 1.47 bits per heavy atom. The van der Waals surface area contributed by atoms with Crippen LogP contribution in [0.1, 0.15) is 31.3 Å². The van der Waals surface area contributed by atoms with Gasteiger partial charge in [-0.1, -0.05) is 6.92 Å². The fraction of sp³-hybridized carbons (Fsp3) is 0.750. The molecular weight excluding hydrogens is 250 g/mol. The van der Waals surface area contributed by atoms with Gasteiger partial charge in [-0.25, -0.2) is 4.98 Å². The van der Waals surface area contributed by atoms with E-state index in [1.807, 2.05) is 0 Å². The molecule has 1 fully saturated rings. The van der Waals surface area contributed by atoms with Gasteiger partial charge in [-0.3, -0.25) is 0 Å². The van der Waals surface area contributed by atoms with Crippen molar-refractivity contribution in [1.29, 1.82) is 0 Å². The zero-order valence-electron chi connectivity index (χ0n) is 10.8. The third-order valence-electron chi connectivity index (χ3n) is 2.98. The van der Waals surface area contributed by atoms with Crippen LogP contribution in [0, 0.1) is 0 Å². The minimum atomic E-state index is 0.333. The van der Waals surface area contributed by atoms with E-state index >= 15 is 0 Å². The zero-order chi connectivity index (χ0) is 12.5. The Hall–Kier alpha value is -0.260. The lowest BCUT2D eigenvalue weighted by molar-refractivity contribution is 0.646. The number of aromatic nitrogens is 1. The molecule has 17 heavy (non-hydrogen) atoms. The zero-order valence-corrected chi connectivity index (χ0v) is 12.5. The van der Waals surface area contributed by atoms with E-state index in [4.69, 9.17) is 10.7 Å². The number of thioether (sulfide) groups is 1. The van der Waals surface area contributed by atoms with E-state index < -0.39 is 0 Å². The molecule has 0 atom stereocenters. The molecule has 0 amide bonds. The third-order valence-corrected chi connectivity index (χ3v) is 5.46. The van der Waals surface area contributed by atoms with Gasteiger partial charge in [0.1, 0.15) is 0 Å². The Bertz CT molecular complexity index is 366. The van der Waals surface area contributed by atoms with Crippen molar-refractivity contribution >= 4 is 28.2 Å². The Morgan fingerprint density at radius 3 is 2.76 bits per heavy atom. The summed E-state index contributed by atoms with van der Waals surface area (Å²) in [5, 5.41) is 1.16. The fourth-order valence-electron chi connectivity index (χ4n) is 2.12. The van der Waals surface area contributed by atoms with Crippen molar-refractivity contribution in [3.05, 3.63) is 10.6 Å². The molecule has 3 nitrogen and oxygen atoms in total. The summed E-state index contributed by atoms with van der Waals surface area (Å²) in [6.45, 7) is 9.57. The lowest BCUT2D eigenvalue weighted by atomic mass is 10.2. The summed E-state index contributed by atoms with van der Waals surface area (Å²) >= 11 is 3.82. The van der Waals surface area contributed by atoms with E-state index in [0.717, 1.165) is 24.6 Å². The number of nitrogens with zero attached hydrogens (tertiary/aromatic N) is 2. The fourth-order valence-corrected chi connectivity index (χ4v) is 4.28. The number of nitrogens with two attached hydrogens (primary N) is 1. The third kappa shape index (κ3) is 2.95. The van der Waals surface area contributed by atoms with Gasteiger partial charge in [0.05, 0.1) is 5.69 Å². The monoisotopic (exact) mass is 271 g/mol. The Morgan fingerprint density at radius 2 is 2.24 bits per heavy atom. The molecule has 2 rings (SSSR count). The van der Waals surface area contributed by atoms with Crippen molar-refractivity contribution in [1.82, 2.24) is 4.98 Å². The SMILES string of the molecule is CCc1nc(N2CCSC(C)(C)C2)sc1CN. The van der Waals surface area contributed by atoms with Crippen LogP contribution >= 0.6 is 23.1 Å². The molecule has 0 aromatic carbocycles. The van der Waals surface area contributed by atoms with Gasteiger partial charge in [0.15, 0.2) is 5.13 Å². The predicted molar refractivity (Wildman–Crippen MR) is 78.1 cm³/mol. The van der Waals surface area contributed by atoms with Crippen LogP contribution < -0.4 is 10.6 Å². The van der Waals surface area contributed by atoms with Gasteiger partial charge in [0.2, 0.25) is 0 Å². The van der Waals surface area contributed by atoms with Crippen molar-refractivity contribution in [2.45, 2.75) is 38.5 Å². The molecule has 0 bridgehead atoms. The predicted octanol–water partition coefficient (Wildman–Crippen LogP) is 2.50. The average molecular weight is 271 g/mol. The van der Waals surface area contributed by atoms with Crippen LogP contribution in [-0.4, -0.2) is 28.6 Å². The van der Waals surface area contributed by atoms with E-state index in [0.29, 0.717) is 11.3 Å². The Balaban J connectivity index is 2.19. The molecule has 0 aliphatic carbocycles. The summed E-state index contributed by atoms with van der Waals surface area (Å²) < 4.78 is 0.333. The molecule has 1 aromatic rings. The van der Waals surface area contributed by atoms with E-state index in [1.54, 1.807) is 11.3 Å². The van der Waals surface area contributed by atoms with Gasteiger partial charge in [0.25, 0.3) is 0 Å². The van der Waals surface area contributed by atoms with E-state index in [9.17, 15) is 0 Å². The molecule has 1 saturated heterocycles. The van der Waals surface area contributed by atoms with Crippen molar-refractivity contribution in [3.63, 3.8) is 0 Å². The molecule has 1 aliphatic rings. The first-order valence-corrected chi connectivity index (χ1v) is 7.93. The minimum absolute atomic E-state index is 0.333. The maximum atomic E-state index is 5.77. The lowest BCUT2D eigenvalue weighted by Gasteiger charge is -2.37. The topological polar surface area (TPSA) is 42.2 Å². The van der Waals surface area contributed by atoms with Gasteiger partial charge in [-0.05, 0) is 20.3 Å². The largest absolute Gasteiger partial charge is 0.346 e. The summed E-state index contributed by atoms with van der Waals surface area (Å²) in [7, 11) is 0. The van der Waals surface area contributed by atoms with Crippen molar-refractivity contribution in [3.8, 4) is 0 Å². The second-order valence-corrected chi connectivity index (χ2v) is 7.82. The quantitative estimate of drug-likeness (QED) is 0.917. The molecule has 1 aliphatic heterocycles. The molecule has 2 N–H and O–H groups in total. The van der Waals surface area contributed by atoms with Gasteiger partial charge in [-0.15, -0.1) is 11.3 Å². The molecule has 0 spiro atoms. The highest BCUT2D eigenvalue weighted by atomic mass is 32.2. The van der Waals surface area contributed by atoms with Crippen LogP contribution in [0.5, 0.6) is 0 Å². The molecule has 1 aromatic heterocycles. The van der Waals surface area contributed by atoms with Crippen molar-refractivity contribution in [2.75, 3.05) is 23.7 Å².